The first-order valence-electron chi connectivity index (χ1n) is 7.85. The third-order valence-corrected chi connectivity index (χ3v) is 3.72. The SMILES string of the molecule is Cc1cc(C)cc(OCCC(=O)ON2C(=O)c3ccccc3C2=O)c1. The summed E-state index contributed by atoms with van der Waals surface area (Å²) in [5.74, 6) is -1.32. The Hall–Kier alpha value is -3.15. The van der Waals surface area contributed by atoms with Crippen molar-refractivity contribution in [2.45, 2.75) is 20.3 Å². The van der Waals surface area contributed by atoms with Gasteiger partial charge in [0, 0.05) is 0 Å². The van der Waals surface area contributed by atoms with Crippen LogP contribution in [0.3, 0.4) is 0 Å². The van der Waals surface area contributed by atoms with Crippen LogP contribution in [-0.2, 0) is 9.63 Å². The summed E-state index contributed by atoms with van der Waals surface area (Å²) < 4.78 is 5.53. The van der Waals surface area contributed by atoms with E-state index in [0.717, 1.165) is 11.1 Å². The molecule has 2 amide bonds. The molecule has 0 radical (unpaired) electrons. The number of rotatable bonds is 5. The Kier molecular flexibility index (Phi) is 4.52. The van der Waals surface area contributed by atoms with E-state index in [1.54, 1.807) is 12.1 Å². The number of ether oxygens (including phenoxy) is 1. The monoisotopic (exact) mass is 339 g/mol. The van der Waals surface area contributed by atoms with E-state index in [1.807, 2.05) is 32.0 Å². The predicted molar refractivity (Wildman–Crippen MR) is 89.1 cm³/mol. The van der Waals surface area contributed by atoms with E-state index in [9.17, 15) is 14.4 Å². The molecule has 1 aliphatic heterocycles. The summed E-state index contributed by atoms with van der Waals surface area (Å²) in [6.45, 7) is 4.00. The summed E-state index contributed by atoms with van der Waals surface area (Å²) >= 11 is 0. The zero-order valence-electron chi connectivity index (χ0n) is 13.9. The van der Waals surface area contributed by atoms with Crippen molar-refractivity contribution in [2.75, 3.05) is 6.61 Å². The van der Waals surface area contributed by atoms with Gasteiger partial charge in [0.25, 0.3) is 11.8 Å². The first-order chi connectivity index (χ1) is 12.0. The fourth-order valence-corrected chi connectivity index (χ4v) is 2.67. The molecule has 1 heterocycles. The van der Waals surface area contributed by atoms with Gasteiger partial charge in [0.05, 0.1) is 24.2 Å². The third kappa shape index (κ3) is 3.52. The first-order valence-corrected chi connectivity index (χ1v) is 7.85. The lowest BCUT2D eigenvalue weighted by molar-refractivity contribution is -0.169. The molecule has 0 fully saturated rings. The number of amides is 2. The van der Waals surface area contributed by atoms with E-state index in [2.05, 4.69) is 0 Å². The number of aryl methyl sites for hydroxylation is 2. The highest BCUT2D eigenvalue weighted by Gasteiger charge is 2.38. The highest BCUT2D eigenvalue weighted by Crippen LogP contribution is 2.23. The minimum atomic E-state index is -0.709. The van der Waals surface area contributed by atoms with Crippen LogP contribution < -0.4 is 4.74 Å². The average molecular weight is 339 g/mol. The molecule has 128 valence electrons. The highest BCUT2D eigenvalue weighted by atomic mass is 16.7. The highest BCUT2D eigenvalue weighted by molar-refractivity contribution is 6.20. The molecule has 1 aliphatic rings. The number of nitrogens with zero attached hydrogens (tertiary/aromatic N) is 1. The summed E-state index contributed by atoms with van der Waals surface area (Å²) in [6.07, 6.45) is -0.0829. The summed E-state index contributed by atoms with van der Waals surface area (Å²) in [5, 5.41) is 0.504. The van der Waals surface area contributed by atoms with Gasteiger partial charge < -0.3 is 9.57 Å². The lowest BCUT2D eigenvalue weighted by Gasteiger charge is -2.13. The standard InChI is InChI=1S/C19H17NO5/c1-12-9-13(2)11-14(10-12)24-8-7-17(21)25-20-18(22)15-5-3-4-6-16(15)19(20)23/h3-6,9-11H,7-8H2,1-2H3. The van der Waals surface area contributed by atoms with Gasteiger partial charge in [-0.3, -0.25) is 9.59 Å². The molecule has 0 unspecified atom stereocenters. The zero-order chi connectivity index (χ0) is 18.0. The van der Waals surface area contributed by atoms with Gasteiger partial charge in [0.15, 0.2) is 0 Å². The van der Waals surface area contributed by atoms with Crippen LogP contribution >= 0.6 is 0 Å². The molecule has 6 nitrogen and oxygen atoms in total. The Morgan fingerprint density at radius 3 is 2.08 bits per heavy atom. The zero-order valence-corrected chi connectivity index (χ0v) is 13.9. The maximum Gasteiger partial charge on any atom is 0.336 e. The minimum absolute atomic E-state index is 0.0829. The second-order valence-electron chi connectivity index (χ2n) is 5.84. The molecular formula is C19H17NO5. The van der Waals surface area contributed by atoms with Crippen LogP contribution in [0.25, 0.3) is 0 Å². The normalized spacial score (nSPS) is 13.0. The predicted octanol–water partition coefficient (Wildman–Crippen LogP) is 2.83. The van der Waals surface area contributed by atoms with Gasteiger partial charge in [0.1, 0.15) is 5.75 Å². The molecule has 3 rings (SSSR count). The van der Waals surface area contributed by atoms with Crippen LogP contribution in [0, 0.1) is 13.8 Å². The van der Waals surface area contributed by atoms with Gasteiger partial charge in [-0.05, 0) is 49.2 Å². The first kappa shape index (κ1) is 16.7. The number of hydroxylamine groups is 2. The number of hydrogen-bond acceptors (Lipinski definition) is 5. The van der Waals surface area contributed by atoms with Gasteiger partial charge in [-0.15, -0.1) is 0 Å². The molecule has 0 N–H and O–H groups in total. The molecule has 0 bridgehead atoms. The Labute approximate surface area is 144 Å². The number of hydrogen-bond donors (Lipinski definition) is 0. The van der Waals surface area contributed by atoms with E-state index < -0.39 is 17.8 Å². The van der Waals surface area contributed by atoms with Crippen molar-refractivity contribution in [3.63, 3.8) is 0 Å². The van der Waals surface area contributed by atoms with Crippen molar-refractivity contribution >= 4 is 17.8 Å². The van der Waals surface area contributed by atoms with Crippen LogP contribution in [0.15, 0.2) is 42.5 Å². The van der Waals surface area contributed by atoms with Crippen LogP contribution in [0.4, 0.5) is 0 Å². The topological polar surface area (TPSA) is 72.9 Å². The second-order valence-corrected chi connectivity index (χ2v) is 5.84. The van der Waals surface area contributed by atoms with Crippen molar-refractivity contribution in [2.24, 2.45) is 0 Å². The van der Waals surface area contributed by atoms with Gasteiger partial charge in [-0.2, -0.15) is 0 Å². The lowest BCUT2D eigenvalue weighted by Crippen LogP contribution is -2.33. The van der Waals surface area contributed by atoms with Crippen molar-refractivity contribution in [1.82, 2.24) is 5.06 Å². The summed E-state index contributed by atoms with van der Waals surface area (Å²) in [5.41, 5.74) is 2.57. The van der Waals surface area contributed by atoms with Crippen LogP contribution in [-0.4, -0.2) is 29.5 Å². The quantitative estimate of drug-likeness (QED) is 0.783. The van der Waals surface area contributed by atoms with E-state index in [0.29, 0.717) is 10.8 Å². The van der Waals surface area contributed by atoms with Crippen LogP contribution in [0.5, 0.6) is 5.75 Å². The van der Waals surface area contributed by atoms with Gasteiger partial charge in [-0.1, -0.05) is 23.3 Å². The van der Waals surface area contributed by atoms with E-state index in [4.69, 9.17) is 9.57 Å². The third-order valence-electron chi connectivity index (χ3n) is 3.72. The van der Waals surface area contributed by atoms with Crippen LogP contribution in [0.2, 0.25) is 0 Å². The Morgan fingerprint density at radius 1 is 0.960 bits per heavy atom. The van der Waals surface area contributed by atoms with Crippen molar-refractivity contribution in [3.8, 4) is 5.75 Å². The molecule has 0 aliphatic carbocycles. The smallest absolute Gasteiger partial charge is 0.336 e. The average Bonchev–Trinajstić information content (AvgIpc) is 2.79. The van der Waals surface area contributed by atoms with E-state index in [-0.39, 0.29) is 24.2 Å². The summed E-state index contributed by atoms with van der Waals surface area (Å²) in [7, 11) is 0. The van der Waals surface area contributed by atoms with E-state index in [1.165, 1.54) is 12.1 Å². The number of carbonyl (C=O) groups excluding carboxylic acids is 3. The van der Waals surface area contributed by atoms with Crippen molar-refractivity contribution in [3.05, 3.63) is 64.7 Å². The number of carbonyl (C=O) groups is 3. The number of fused-ring (bicyclic) bond motifs is 1. The Morgan fingerprint density at radius 2 is 1.52 bits per heavy atom. The molecule has 0 atom stereocenters. The number of benzene rings is 2. The maximum absolute atomic E-state index is 12.1. The molecular weight excluding hydrogens is 322 g/mol. The van der Waals surface area contributed by atoms with Gasteiger partial charge in [-0.25, -0.2) is 4.79 Å². The molecule has 0 saturated carbocycles. The molecule has 2 aromatic rings. The molecule has 0 spiro atoms. The molecule has 0 saturated heterocycles. The Bertz CT molecular complexity index is 803. The molecule has 25 heavy (non-hydrogen) atoms. The fourth-order valence-electron chi connectivity index (χ4n) is 2.67. The maximum atomic E-state index is 12.1. The van der Waals surface area contributed by atoms with Crippen LogP contribution in [0.1, 0.15) is 38.3 Å². The second kappa shape index (κ2) is 6.76. The molecule has 0 aromatic heterocycles. The van der Waals surface area contributed by atoms with Gasteiger partial charge in [0.2, 0.25) is 0 Å². The minimum Gasteiger partial charge on any atom is -0.493 e. The summed E-state index contributed by atoms with van der Waals surface area (Å²) in [4.78, 5) is 41.1. The van der Waals surface area contributed by atoms with Gasteiger partial charge >= 0.3 is 5.97 Å². The largest absolute Gasteiger partial charge is 0.493 e. The lowest BCUT2D eigenvalue weighted by atomic mass is 10.1. The van der Waals surface area contributed by atoms with Crippen molar-refractivity contribution < 1.29 is 24.0 Å². The molecule has 2 aromatic carbocycles. The fraction of sp³-hybridized carbons (Fsp3) is 0.211. The summed E-state index contributed by atoms with van der Waals surface area (Å²) in [6, 6.07) is 12.1. The Balaban J connectivity index is 1.55. The number of imide groups is 1. The molecule has 6 heteroatoms. The van der Waals surface area contributed by atoms with Crippen molar-refractivity contribution in [1.29, 1.82) is 0 Å². The van der Waals surface area contributed by atoms with E-state index >= 15 is 0 Å².